The summed E-state index contributed by atoms with van der Waals surface area (Å²) < 4.78 is 5.02. The largest absolute Gasteiger partial charge is 0.339 e. The number of nitrogens with zero attached hydrogens (tertiary/aromatic N) is 2. The first-order valence-corrected chi connectivity index (χ1v) is 6.90. The highest BCUT2D eigenvalue weighted by molar-refractivity contribution is 5.82. The van der Waals surface area contributed by atoms with Crippen LogP contribution >= 0.6 is 0 Å². The Hall–Kier alpha value is -1.92. The molecule has 1 heterocycles. The zero-order valence-electron chi connectivity index (χ0n) is 12.2. The molecule has 0 unspecified atom stereocenters. The van der Waals surface area contributed by atoms with Crippen molar-refractivity contribution in [2.24, 2.45) is 5.92 Å². The van der Waals surface area contributed by atoms with E-state index in [1.165, 1.54) is 0 Å². The summed E-state index contributed by atoms with van der Waals surface area (Å²) in [7, 11) is 0. The van der Waals surface area contributed by atoms with E-state index in [-0.39, 0.29) is 24.2 Å². The van der Waals surface area contributed by atoms with Crippen molar-refractivity contribution in [1.29, 1.82) is 0 Å². The molecule has 0 saturated carbocycles. The van der Waals surface area contributed by atoms with Gasteiger partial charge in [0.05, 0.1) is 0 Å². The summed E-state index contributed by atoms with van der Waals surface area (Å²) in [5.41, 5.74) is 4.73. The van der Waals surface area contributed by atoms with E-state index in [0.29, 0.717) is 24.6 Å². The predicted octanol–water partition coefficient (Wildman–Crippen LogP) is 1.15. The number of aromatic nitrogens is 2. The first-order valence-electron chi connectivity index (χ1n) is 6.90. The molecule has 1 aromatic heterocycles. The van der Waals surface area contributed by atoms with Crippen LogP contribution < -0.4 is 10.9 Å². The molecule has 0 aliphatic heterocycles. The van der Waals surface area contributed by atoms with Gasteiger partial charge in [-0.2, -0.15) is 4.98 Å². The van der Waals surface area contributed by atoms with Crippen LogP contribution in [0.4, 0.5) is 0 Å². The number of hydrogen-bond donors (Lipinski definition) is 2. The average Bonchev–Trinajstić information content (AvgIpc) is 2.81. The lowest BCUT2D eigenvalue weighted by Gasteiger charge is -2.07. The third kappa shape index (κ3) is 6.31. The van der Waals surface area contributed by atoms with Crippen molar-refractivity contribution in [2.75, 3.05) is 0 Å². The van der Waals surface area contributed by atoms with Crippen LogP contribution in [0, 0.1) is 5.92 Å². The van der Waals surface area contributed by atoms with Crippen LogP contribution in [-0.4, -0.2) is 22.0 Å². The summed E-state index contributed by atoms with van der Waals surface area (Å²) in [6.07, 6.45) is 2.64. The van der Waals surface area contributed by atoms with Crippen molar-refractivity contribution in [3.05, 3.63) is 11.7 Å². The Kier molecular flexibility index (Phi) is 6.69. The minimum absolute atomic E-state index is 0.190. The van der Waals surface area contributed by atoms with Crippen molar-refractivity contribution in [1.82, 2.24) is 21.0 Å². The molecule has 0 aliphatic carbocycles. The zero-order chi connectivity index (χ0) is 15.0. The molecule has 0 bridgehead atoms. The maximum Gasteiger partial charge on any atom is 0.238 e. The van der Waals surface area contributed by atoms with Gasteiger partial charge in [0.25, 0.3) is 0 Å². The molecule has 0 aromatic carbocycles. The van der Waals surface area contributed by atoms with Gasteiger partial charge in [-0.05, 0) is 12.3 Å². The quantitative estimate of drug-likeness (QED) is 0.731. The fraction of sp³-hybridized carbons (Fsp3) is 0.692. The van der Waals surface area contributed by atoms with Crippen LogP contribution in [0.2, 0.25) is 0 Å². The van der Waals surface area contributed by atoms with Crippen LogP contribution in [0.15, 0.2) is 4.52 Å². The number of rotatable bonds is 7. The Morgan fingerprint density at radius 3 is 2.55 bits per heavy atom. The van der Waals surface area contributed by atoms with Crippen LogP contribution in [-0.2, 0) is 22.4 Å². The molecular formula is C13H22N4O3. The van der Waals surface area contributed by atoms with Crippen LogP contribution in [0.5, 0.6) is 0 Å². The first-order chi connectivity index (χ1) is 9.51. The van der Waals surface area contributed by atoms with E-state index < -0.39 is 0 Å². The van der Waals surface area contributed by atoms with Gasteiger partial charge in [-0.3, -0.25) is 20.4 Å². The van der Waals surface area contributed by atoms with Gasteiger partial charge in [0.1, 0.15) is 0 Å². The lowest BCUT2D eigenvalue weighted by atomic mass is 10.1. The molecule has 20 heavy (non-hydrogen) atoms. The summed E-state index contributed by atoms with van der Waals surface area (Å²) in [6.45, 7) is 5.90. The SMILES string of the molecule is CCCc1noc(CCC(=O)NNC(=O)CC(C)C)n1. The lowest BCUT2D eigenvalue weighted by molar-refractivity contribution is -0.129. The number of aryl methyl sites for hydroxylation is 2. The second kappa shape index (κ2) is 8.29. The average molecular weight is 282 g/mol. The number of carbonyl (C=O) groups excluding carboxylic acids is 2. The minimum Gasteiger partial charge on any atom is -0.339 e. The molecule has 7 heteroatoms. The van der Waals surface area contributed by atoms with Crippen molar-refractivity contribution in [2.45, 2.75) is 52.9 Å². The Labute approximate surface area is 118 Å². The second-order valence-electron chi connectivity index (χ2n) is 5.05. The second-order valence-corrected chi connectivity index (χ2v) is 5.05. The van der Waals surface area contributed by atoms with Gasteiger partial charge in [-0.1, -0.05) is 25.9 Å². The highest BCUT2D eigenvalue weighted by Gasteiger charge is 2.10. The lowest BCUT2D eigenvalue weighted by Crippen LogP contribution is -2.42. The van der Waals surface area contributed by atoms with Gasteiger partial charge in [-0.25, -0.2) is 0 Å². The van der Waals surface area contributed by atoms with Crippen molar-refractivity contribution in [3.63, 3.8) is 0 Å². The molecule has 1 aromatic rings. The Bertz CT molecular complexity index is 443. The van der Waals surface area contributed by atoms with E-state index >= 15 is 0 Å². The van der Waals surface area contributed by atoms with Gasteiger partial charge in [-0.15, -0.1) is 0 Å². The molecule has 0 radical (unpaired) electrons. The molecule has 0 aliphatic rings. The third-order valence-electron chi connectivity index (χ3n) is 2.48. The standard InChI is InChI=1S/C13H22N4O3/c1-4-5-10-14-13(20-17-10)7-6-11(18)15-16-12(19)8-9(2)3/h9H,4-8H2,1-3H3,(H,15,18)(H,16,19). The fourth-order valence-corrected chi connectivity index (χ4v) is 1.56. The summed E-state index contributed by atoms with van der Waals surface area (Å²) in [5, 5.41) is 3.80. The van der Waals surface area contributed by atoms with Crippen LogP contribution in [0.3, 0.4) is 0 Å². The van der Waals surface area contributed by atoms with Gasteiger partial charge in [0.15, 0.2) is 5.82 Å². The van der Waals surface area contributed by atoms with Crippen LogP contribution in [0.1, 0.15) is 51.7 Å². The molecule has 0 atom stereocenters. The number of hydrazine groups is 1. The molecule has 0 spiro atoms. The monoisotopic (exact) mass is 282 g/mol. The van der Waals surface area contributed by atoms with Crippen molar-refractivity contribution in [3.8, 4) is 0 Å². The molecule has 2 amide bonds. The van der Waals surface area contributed by atoms with Gasteiger partial charge in [0, 0.05) is 25.7 Å². The molecule has 2 N–H and O–H groups in total. The predicted molar refractivity (Wildman–Crippen MR) is 72.4 cm³/mol. The summed E-state index contributed by atoms with van der Waals surface area (Å²) in [5.74, 6) is 0.876. The third-order valence-corrected chi connectivity index (χ3v) is 2.48. The smallest absolute Gasteiger partial charge is 0.238 e. The number of nitrogens with one attached hydrogen (secondary N) is 2. The van der Waals surface area contributed by atoms with E-state index in [4.69, 9.17) is 4.52 Å². The van der Waals surface area contributed by atoms with Crippen LogP contribution in [0.25, 0.3) is 0 Å². The Balaban J connectivity index is 2.23. The van der Waals surface area contributed by atoms with E-state index in [1.807, 2.05) is 20.8 Å². The zero-order valence-corrected chi connectivity index (χ0v) is 12.2. The molecule has 0 fully saturated rings. The Morgan fingerprint density at radius 1 is 1.20 bits per heavy atom. The van der Waals surface area contributed by atoms with E-state index in [1.54, 1.807) is 0 Å². The molecule has 0 saturated heterocycles. The number of hydrogen-bond acceptors (Lipinski definition) is 5. The van der Waals surface area contributed by atoms with E-state index in [0.717, 1.165) is 12.8 Å². The fourth-order valence-electron chi connectivity index (χ4n) is 1.56. The minimum atomic E-state index is -0.280. The summed E-state index contributed by atoms with van der Waals surface area (Å²) >= 11 is 0. The number of carbonyl (C=O) groups is 2. The Morgan fingerprint density at radius 2 is 1.90 bits per heavy atom. The van der Waals surface area contributed by atoms with Gasteiger partial charge in [0.2, 0.25) is 17.7 Å². The highest BCUT2D eigenvalue weighted by Crippen LogP contribution is 2.03. The number of amides is 2. The van der Waals surface area contributed by atoms with E-state index in [9.17, 15) is 9.59 Å². The molecular weight excluding hydrogens is 260 g/mol. The maximum absolute atomic E-state index is 11.5. The molecule has 1 rings (SSSR count). The molecule has 112 valence electrons. The maximum atomic E-state index is 11.5. The van der Waals surface area contributed by atoms with Crippen molar-refractivity contribution >= 4 is 11.8 Å². The van der Waals surface area contributed by atoms with Gasteiger partial charge < -0.3 is 4.52 Å². The molecule has 7 nitrogen and oxygen atoms in total. The summed E-state index contributed by atoms with van der Waals surface area (Å²) in [4.78, 5) is 27.0. The van der Waals surface area contributed by atoms with E-state index in [2.05, 4.69) is 21.0 Å². The summed E-state index contributed by atoms with van der Waals surface area (Å²) in [6, 6.07) is 0. The van der Waals surface area contributed by atoms with Gasteiger partial charge >= 0.3 is 0 Å². The topological polar surface area (TPSA) is 97.1 Å². The first kappa shape index (κ1) is 16.1. The normalized spacial score (nSPS) is 10.6. The highest BCUT2D eigenvalue weighted by atomic mass is 16.5. The van der Waals surface area contributed by atoms with Crippen molar-refractivity contribution < 1.29 is 14.1 Å².